The minimum Gasteiger partial charge on any atom is -0.477 e. The Bertz CT molecular complexity index is 869. The van der Waals surface area contributed by atoms with Gasteiger partial charge in [-0.1, -0.05) is 0 Å². The standard InChI is InChI=1S/C16H14N6O2/c1-2-23-16-12(8-17)13(18)7-14(21-16)20-11-5-3-10(4-6-11)15-22-19-9-24-15/h3-7,9H,2H2,1H3,(H3,18,20,21). The highest BCUT2D eigenvalue weighted by Gasteiger charge is 2.12. The normalized spacial score (nSPS) is 10.2. The zero-order valence-electron chi connectivity index (χ0n) is 12.9. The van der Waals surface area contributed by atoms with E-state index in [0.29, 0.717) is 24.0 Å². The molecular formula is C16H14N6O2. The third-order valence-electron chi connectivity index (χ3n) is 3.17. The van der Waals surface area contributed by atoms with E-state index >= 15 is 0 Å². The van der Waals surface area contributed by atoms with Gasteiger partial charge in [0.05, 0.1) is 12.3 Å². The third-order valence-corrected chi connectivity index (χ3v) is 3.17. The van der Waals surface area contributed by atoms with Crippen molar-refractivity contribution < 1.29 is 9.15 Å². The van der Waals surface area contributed by atoms with Gasteiger partial charge in [-0.2, -0.15) is 10.2 Å². The summed E-state index contributed by atoms with van der Waals surface area (Å²) in [4.78, 5) is 4.29. The second-order valence-electron chi connectivity index (χ2n) is 4.77. The summed E-state index contributed by atoms with van der Waals surface area (Å²) in [6, 6.07) is 11.0. The number of nitrogens with zero attached hydrogens (tertiary/aromatic N) is 4. The van der Waals surface area contributed by atoms with Gasteiger partial charge in [0, 0.05) is 17.3 Å². The molecule has 2 heterocycles. The highest BCUT2D eigenvalue weighted by molar-refractivity contribution is 5.68. The molecule has 8 heteroatoms. The minimum atomic E-state index is 0.213. The lowest BCUT2D eigenvalue weighted by molar-refractivity contribution is 0.326. The topological polar surface area (TPSA) is 123 Å². The Morgan fingerprint density at radius 3 is 2.75 bits per heavy atom. The Balaban J connectivity index is 1.84. The summed E-state index contributed by atoms with van der Waals surface area (Å²) < 4.78 is 10.5. The fourth-order valence-corrected chi connectivity index (χ4v) is 2.10. The van der Waals surface area contributed by atoms with E-state index in [1.54, 1.807) is 6.07 Å². The fraction of sp³-hybridized carbons (Fsp3) is 0.125. The van der Waals surface area contributed by atoms with Gasteiger partial charge in [-0.3, -0.25) is 0 Å². The van der Waals surface area contributed by atoms with Gasteiger partial charge in [-0.05, 0) is 31.2 Å². The molecule has 8 nitrogen and oxygen atoms in total. The van der Waals surface area contributed by atoms with Crippen LogP contribution >= 0.6 is 0 Å². The van der Waals surface area contributed by atoms with Crippen molar-refractivity contribution in [3.8, 4) is 23.4 Å². The quantitative estimate of drug-likeness (QED) is 0.735. The van der Waals surface area contributed by atoms with Crippen molar-refractivity contribution in [2.24, 2.45) is 0 Å². The molecule has 0 saturated heterocycles. The molecule has 0 aliphatic rings. The lowest BCUT2D eigenvalue weighted by atomic mass is 10.2. The smallest absolute Gasteiger partial charge is 0.247 e. The predicted molar refractivity (Wildman–Crippen MR) is 87.6 cm³/mol. The van der Waals surface area contributed by atoms with E-state index in [9.17, 15) is 0 Å². The second kappa shape index (κ2) is 6.66. The summed E-state index contributed by atoms with van der Waals surface area (Å²) in [5, 5.41) is 19.8. The molecule has 0 atom stereocenters. The van der Waals surface area contributed by atoms with Crippen molar-refractivity contribution in [1.29, 1.82) is 5.26 Å². The maximum Gasteiger partial charge on any atom is 0.247 e. The van der Waals surface area contributed by atoms with Crippen LogP contribution in [0.2, 0.25) is 0 Å². The van der Waals surface area contributed by atoms with Crippen molar-refractivity contribution in [1.82, 2.24) is 15.2 Å². The molecule has 3 aromatic rings. The van der Waals surface area contributed by atoms with E-state index in [4.69, 9.17) is 20.1 Å². The van der Waals surface area contributed by atoms with Crippen LogP contribution in [0.5, 0.6) is 5.88 Å². The lowest BCUT2D eigenvalue weighted by Gasteiger charge is -2.11. The number of hydrogen-bond donors (Lipinski definition) is 2. The maximum atomic E-state index is 9.14. The van der Waals surface area contributed by atoms with E-state index in [1.807, 2.05) is 37.3 Å². The van der Waals surface area contributed by atoms with Crippen molar-refractivity contribution in [2.75, 3.05) is 17.7 Å². The van der Waals surface area contributed by atoms with Gasteiger partial charge in [0.25, 0.3) is 0 Å². The molecule has 1 aromatic carbocycles. The SMILES string of the molecule is CCOc1nc(Nc2ccc(-c3nnco3)cc2)cc(N)c1C#N. The number of benzene rings is 1. The number of anilines is 3. The Morgan fingerprint density at radius 1 is 1.33 bits per heavy atom. The number of aromatic nitrogens is 3. The molecule has 0 spiro atoms. The van der Waals surface area contributed by atoms with Crippen LogP contribution in [0.1, 0.15) is 12.5 Å². The molecule has 24 heavy (non-hydrogen) atoms. The summed E-state index contributed by atoms with van der Waals surface area (Å²) >= 11 is 0. The molecule has 0 fully saturated rings. The number of nitrogen functional groups attached to an aromatic ring is 1. The lowest BCUT2D eigenvalue weighted by Crippen LogP contribution is -2.04. The van der Waals surface area contributed by atoms with Crippen LogP contribution in [0.25, 0.3) is 11.5 Å². The van der Waals surface area contributed by atoms with E-state index in [-0.39, 0.29) is 11.4 Å². The second-order valence-corrected chi connectivity index (χ2v) is 4.77. The van der Waals surface area contributed by atoms with E-state index in [0.717, 1.165) is 11.3 Å². The molecule has 3 rings (SSSR count). The number of nitrogens with two attached hydrogens (primary N) is 1. The summed E-state index contributed by atoms with van der Waals surface area (Å²) in [5.41, 5.74) is 8.03. The summed E-state index contributed by atoms with van der Waals surface area (Å²) in [5.74, 6) is 1.14. The summed E-state index contributed by atoms with van der Waals surface area (Å²) in [6.45, 7) is 2.21. The fourth-order valence-electron chi connectivity index (χ4n) is 2.10. The van der Waals surface area contributed by atoms with Gasteiger partial charge in [-0.25, -0.2) is 0 Å². The maximum absolute atomic E-state index is 9.14. The Morgan fingerprint density at radius 2 is 2.12 bits per heavy atom. The number of ether oxygens (including phenoxy) is 1. The average Bonchev–Trinajstić information content (AvgIpc) is 3.10. The molecule has 0 aliphatic heterocycles. The predicted octanol–water partition coefficient (Wildman–Crippen LogP) is 2.73. The van der Waals surface area contributed by atoms with Crippen molar-refractivity contribution >= 4 is 17.2 Å². The first-order valence-corrected chi connectivity index (χ1v) is 7.18. The Kier molecular flexibility index (Phi) is 4.25. The molecule has 0 saturated carbocycles. The molecule has 2 aromatic heterocycles. The van der Waals surface area contributed by atoms with Crippen molar-refractivity contribution in [2.45, 2.75) is 6.92 Å². The summed E-state index contributed by atoms with van der Waals surface area (Å²) in [7, 11) is 0. The van der Waals surface area contributed by atoms with Gasteiger partial charge >= 0.3 is 0 Å². The van der Waals surface area contributed by atoms with Crippen LogP contribution in [-0.2, 0) is 0 Å². The van der Waals surface area contributed by atoms with Gasteiger partial charge < -0.3 is 20.2 Å². The van der Waals surface area contributed by atoms with Crippen LogP contribution in [0.3, 0.4) is 0 Å². The summed E-state index contributed by atoms with van der Waals surface area (Å²) in [6.07, 6.45) is 1.28. The van der Waals surface area contributed by atoms with Crippen LogP contribution in [-0.4, -0.2) is 21.8 Å². The first-order valence-electron chi connectivity index (χ1n) is 7.18. The monoisotopic (exact) mass is 322 g/mol. The van der Waals surface area contributed by atoms with E-state index in [2.05, 4.69) is 20.5 Å². The Hall–Kier alpha value is -3.60. The Labute approximate surface area is 137 Å². The number of pyridine rings is 1. The van der Waals surface area contributed by atoms with E-state index < -0.39 is 0 Å². The third kappa shape index (κ3) is 3.10. The van der Waals surface area contributed by atoms with Gasteiger partial charge in [0.1, 0.15) is 17.5 Å². The minimum absolute atomic E-state index is 0.213. The molecule has 120 valence electrons. The molecular weight excluding hydrogens is 308 g/mol. The number of hydrogen-bond acceptors (Lipinski definition) is 8. The first-order chi connectivity index (χ1) is 11.7. The number of nitrogens with one attached hydrogen (secondary N) is 1. The zero-order chi connectivity index (χ0) is 16.9. The van der Waals surface area contributed by atoms with Crippen LogP contribution in [0.15, 0.2) is 41.1 Å². The van der Waals surface area contributed by atoms with Gasteiger partial charge in [0.2, 0.25) is 18.2 Å². The zero-order valence-corrected chi connectivity index (χ0v) is 12.9. The molecule has 0 bridgehead atoms. The van der Waals surface area contributed by atoms with Crippen LogP contribution < -0.4 is 15.8 Å². The number of rotatable bonds is 5. The number of nitriles is 1. The van der Waals surface area contributed by atoms with Crippen LogP contribution in [0.4, 0.5) is 17.2 Å². The molecule has 0 unspecified atom stereocenters. The highest BCUT2D eigenvalue weighted by Crippen LogP contribution is 2.27. The molecule has 0 amide bonds. The van der Waals surface area contributed by atoms with Crippen LogP contribution in [0, 0.1) is 11.3 Å². The van der Waals surface area contributed by atoms with Gasteiger partial charge in [0.15, 0.2) is 0 Å². The molecule has 0 aliphatic carbocycles. The molecule has 0 radical (unpaired) electrons. The van der Waals surface area contributed by atoms with Crippen molar-refractivity contribution in [3.05, 3.63) is 42.3 Å². The molecule has 3 N–H and O–H groups in total. The van der Waals surface area contributed by atoms with Gasteiger partial charge in [-0.15, -0.1) is 10.2 Å². The van der Waals surface area contributed by atoms with Crippen molar-refractivity contribution in [3.63, 3.8) is 0 Å². The largest absolute Gasteiger partial charge is 0.477 e. The first kappa shape index (κ1) is 15.3. The average molecular weight is 322 g/mol. The highest BCUT2D eigenvalue weighted by atomic mass is 16.5. The van der Waals surface area contributed by atoms with E-state index in [1.165, 1.54) is 6.39 Å².